The van der Waals surface area contributed by atoms with Gasteiger partial charge in [-0.3, -0.25) is 4.31 Å². The largest absolute Gasteiger partial charge is 0.264 e. The summed E-state index contributed by atoms with van der Waals surface area (Å²) in [6, 6.07) is 12.1. The third-order valence-electron chi connectivity index (χ3n) is 6.65. The Morgan fingerprint density at radius 1 is 0.966 bits per heavy atom. The van der Waals surface area contributed by atoms with E-state index in [1.165, 1.54) is 16.4 Å². The molecule has 0 N–H and O–H groups in total. The summed E-state index contributed by atoms with van der Waals surface area (Å²) in [6.45, 7) is 0. The quantitative estimate of drug-likeness (QED) is 0.742. The van der Waals surface area contributed by atoms with E-state index in [0.717, 1.165) is 30.5 Å². The van der Waals surface area contributed by atoms with Crippen molar-refractivity contribution in [2.75, 3.05) is 15.8 Å². The molecule has 5 rings (SSSR count). The number of sulfone groups is 1. The highest BCUT2D eigenvalue weighted by Gasteiger charge is 2.60. The molecule has 154 valence electrons. The number of sulfonamides is 1. The van der Waals surface area contributed by atoms with Gasteiger partial charge < -0.3 is 0 Å². The Hall–Kier alpha value is -1.93. The highest BCUT2D eigenvalue weighted by atomic mass is 32.2. The minimum atomic E-state index is -3.91. The summed E-state index contributed by atoms with van der Waals surface area (Å²) in [5, 5.41) is 0. The van der Waals surface area contributed by atoms with Gasteiger partial charge in [-0.2, -0.15) is 0 Å². The molecule has 29 heavy (non-hydrogen) atoms. The van der Waals surface area contributed by atoms with E-state index in [9.17, 15) is 21.2 Å². The van der Waals surface area contributed by atoms with E-state index < -0.39 is 31.1 Å². The molecule has 0 amide bonds. The van der Waals surface area contributed by atoms with Gasteiger partial charge in [-0.05, 0) is 67.5 Å². The lowest BCUT2D eigenvalue weighted by Crippen LogP contribution is -2.52. The molecule has 0 bridgehead atoms. The van der Waals surface area contributed by atoms with Gasteiger partial charge in [0.2, 0.25) is 0 Å². The summed E-state index contributed by atoms with van der Waals surface area (Å²) in [5.41, 5.74) is 1.07. The van der Waals surface area contributed by atoms with Gasteiger partial charge in [-0.1, -0.05) is 18.2 Å². The molecule has 1 unspecified atom stereocenters. The summed E-state index contributed by atoms with van der Waals surface area (Å²) in [5.74, 6) is -0.124. The number of hydrogen-bond acceptors (Lipinski definition) is 4. The highest BCUT2D eigenvalue weighted by molar-refractivity contribution is 7.93. The van der Waals surface area contributed by atoms with Crippen molar-refractivity contribution in [3.8, 4) is 0 Å². The maximum Gasteiger partial charge on any atom is 0.264 e. The van der Waals surface area contributed by atoms with E-state index in [1.54, 1.807) is 0 Å². The first-order valence-corrected chi connectivity index (χ1v) is 13.1. The van der Waals surface area contributed by atoms with Gasteiger partial charge in [-0.25, -0.2) is 21.2 Å². The topological polar surface area (TPSA) is 71.5 Å². The molecule has 5 nitrogen and oxygen atoms in total. The molecule has 1 atom stereocenters. The summed E-state index contributed by atoms with van der Waals surface area (Å²) in [6.07, 6.45) is 2.73. The van der Waals surface area contributed by atoms with Crippen molar-refractivity contribution in [2.45, 2.75) is 42.0 Å². The third-order valence-corrected chi connectivity index (χ3v) is 10.1. The molecule has 2 aromatic carbocycles. The minimum Gasteiger partial charge on any atom is -0.262 e. The van der Waals surface area contributed by atoms with Crippen molar-refractivity contribution in [3.63, 3.8) is 0 Å². The number of anilines is 1. The van der Waals surface area contributed by atoms with Crippen LogP contribution in [0.5, 0.6) is 0 Å². The predicted molar refractivity (Wildman–Crippen MR) is 109 cm³/mol. The Morgan fingerprint density at radius 3 is 2.21 bits per heavy atom. The molecule has 1 spiro atoms. The molecule has 2 aliphatic heterocycles. The number of para-hydroxylation sites is 1. The van der Waals surface area contributed by atoms with Gasteiger partial charge in [0.1, 0.15) is 15.7 Å². The maximum atomic E-state index is 13.7. The first-order chi connectivity index (χ1) is 13.7. The normalized spacial score (nSPS) is 25.1. The lowest BCUT2D eigenvalue weighted by atomic mass is 9.70. The van der Waals surface area contributed by atoms with Crippen LogP contribution in [-0.2, 0) is 25.3 Å². The van der Waals surface area contributed by atoms with Crippen LogP contribution >= 0.6 is 0 Å². The molecule has 2 heterocycles. The second-order valence-electron chi connectivity index (χ2n) is 8.36. The van der Waals surface area contributed by atoms with E-state index in [-0.39, 0.29) is 28.4 Å². The van der Waals surface area contributed by atoms with E-state index in [4.69, 9.17) is 0 Å². The first kappa shape index (κ1) is 19.1. The fraction of sp³-hybridized carbons (Fsp3) is 0.429. The summed E-state index contributed by atoms with van der Waals surface area (Å²) >= 11 is 0. The molecule has 3 aliphatic rings. The Labute approximate surface area is 170 Å². The van der Waals surface area contributed by atoms with Gasteiger partial charge in [0.15, 0.2) is 0 Å². The van der Waals surface area contributed by atoms with Crippen LogP contribution in [0.1, 0.15) is 31.2 Å². The van der Waals surface area contributed by atoms with Gasteiger partial charge in [0.25, 0.3) is 10.0 Å². The van der Waals surface area contributed by atoms with Crippen LogP contribution < -0.4 is 4.31 Å². The van der Waals surface area contributed by atoms with E-state index in [1.807, 2.05) is 24.3 Å². The third kappa shape index (κ3) is 2.91. The molecule has 2 fully saturated rings. The monoisotopic (exact) mass is 435 g/mol. The molecule has 8 heteroatoms. The van der Waals surface area contributed by atoms with Crippen molar-refractivity contribution in [1.82, 2.24) is 0 Å². The van der Waals surface area contributed by atoms with Crippen LogP contribution in [0.25, 0.3) is 0 Å². The molecular weight excluding hydrogens is 413 g/mol. The van der Waals surface area contributed by atoms with Gasteiger partial charge in [0.05, 0.1) is 28.1 Å². The van der Waals surface area contributed by atoms with E-state index >= 15 is 0 Å². The van der Waals surface area contributed by atoms with Crippen LogP contribution in [0.2, 0.25) is 0 Å². The van der Waals surface area contributed by atoms with Gasteiger partial charge in [0, 0.05) is 5.41 Å². The Balaban J connectivity index is 1.69. The summed E-state index contributed by atoms with van der Waals surface area (Å²) in [7, 11) is -7.01. The van der Waals surface area contributed by atoms with E-state index in [2.05, 4.69) is 0 Å². The fourth-order valence-electron chi connectivity index (χ4n) is 5.14. The van der Waals surface area contributed by atoms with Crippen molar-refractivity contribution < 1.29 is 21.2 Å². The van der Waals surface area contributed by atoms with Gasteiger partial charge in [-0.15, -0.1) is 0 Å². The maximum absolute atomic E-state index is 13.7. The average molecular weight is 436 g/mol. The second kappa shape index (κ2) is 6.28. The Kier molecular flexibility index (Phi) is 4.13. The lowest BCUT2D eigenvalue weighted by molar-refractivity contribution is 0.308. The van der Waals surface area contributed by atoms with E-state index in [0.29, 0.717) is 18.5 Å². The zero-order valence-electron chi connectivity index (χ0n) is 15.8. The lowest BCUT2D eigenvalue weighted by Gasteiger charge is -2.41. The summed E-state index contributed by atoms with van der Waals surface area (Å²) in [4.78, 5) is 0.0554. The molecule has 0 radical (unpaired) electrons. The fourth-order valence-corrected chi connectivity index (χ4v) is 8.49. The SMILES string of the molecule is O=S1(=O)CCC2(CC1)c1ccccc1N(S(=O)(=O)c1ccc(F)cc1)C2C1CC1. The van der Waals surface area contributed by atoms with Crippen molar-refractivity contribution >= 4 is 25.5 Å². The minimum absolute atomic E-state index is 0.0554. The molecule has 2 aromatic rings. The van der Waals surface area contributed by atoms with Crippen LogP contribution in [0.15, 0.2) is 53.4 Å². The molecular formula is C21H22FNO4S2. The molecule has 1 aliphatic carbocycles. The zero-order valence-corrected chi connectivity index (χ0v) is 17.4. The zero-order chi connectivity index (χ0) is 20.4. The number of halogens is 1. The number of hydrogen-bond donors (Lipinski definition) is 0. The predicted octanol–water partition coefficient (Wildman–Crippen LogP) is 3.26. The summed E-state index contributed by atoms with van der Waals surface area (Å²) < 4.78 is 66.6. The van der Waals surface area contributed by atoms with Crippen LogP contribution in [0.3, 0.4) is 0 Å². The number of nitrogens with zero attached hydrogens (tertiary/aromatic N) is 1. The molecule has 0 aromatic heterocycles. The Bertz CT molecular complexity index is 1160. The molecule has 1 saturated carbocycles. The standard InChI is InChI=1S/C21H22FNO4S2/c22-16-7-9-17(10-8-16)29(26,27)23-19-4-2-1-3-18(19)21(20(23)15-5-6-15)11-13-28(24,25)14-12-21/h1-4,7-10,15,20H,5-6,11-14H2. The smallest absolute Gasteiger partial charge is 0.262 e. The van der Waals surface area contributed by atoms with Crippen LogP contribution in [0, 0.1) is 11.7 Å². The van der Waals surface area contributed by atoms with Crippen molar-refractivity contribution in [1.29, 1.82) is 0 Å². The van der Waals surface area contributed by atoms with Gasteiger partial charge >= 0.3 is 0 Å². The van der Waals surface area contributed by atoms with Crippen molar-refractivity contribution in [3.05, 3.63) is 59.9 Å². The number of rotatable bonds is 3. The first-order valence-electron chi connectivity index (χ1n) is 9.85. The second-order valence-corrected chi connectivity index (χ2v) is 12.5. The number of fused-ring (bicyclic) bond motifs is 2. The highest BCUT2D eigenvalue weighted by Crippen LogP contribution is 2.59. The average Bonchev–Trinajstić information content (AvgIpc) is 3.48. The number of benzene rings is 2. The molecule has 1 saturated heterocycles. The van der Waals surface area contributed by atoms with Crippen molar-refractivity contribution in [2.24, 2.45) is 5.92 Å². The van der Waals surface area contributed by atoms with Crippen LogP contribution in [-0.4, -0.2) is 34.4 Å². The Morgan fingerprint density at radius 2 is 1.59 bits per heavy atom. The van der Waals surface area contributed by atoms with Crippen LogP contribution in [0.4, 0.5) is 10.1 Å².